The van der Waals surface area contributed by atoms with Gasteiger partial charge in [0.25, 0.3) is 0 Å². The summed E-state index contributed by atoms with van der Waals surface area (Å²) in [5, 5.41) is 10.8. The lowest BCUT2D eigenvalue weighted by Crippen LogP contribution is -2.59. The van der Waals surface area contributed by atoms with Gasteiger partial charge in [-0.25, -0.2) is 0 Å². The highest BCUT2D eigenvalue weighted by Gasteiger charge is 2.56. The molecule has 0 spiro atoms. The van der Waals surface area contributed by atoms with Crippen LogP contribution in [0.5, 0.6) is 0 Å². The Kier molecular flexibility index (Phi) is 2.33. The summed E-state index contributed by atoms with van der Waals surface area (Å²) in [4.78, 5) is 0. The third-order valence-corrected chi connectivity index (χ3v) is 5.09. The van der Waals surface area contributed by atoms with E-state index in [1.54, 1.807) is 0 Å². The monoisotopic (exact) mass is 210 g/mol. The summed E-state index contributed by atoms with van der Waals surface area (Å²) in [6.07, 6.45) is 6.48. The first kappa shape index (κ1) is 10.1. The van der Waals surface area contributed by atoms with Crippen molar-refractivity contribution in [1.82, 2.24) is 0 Å². The molecule has 4 fully saturated rings. The van der Waals surface area contributed by atoms with E-state index in [9.17, 15) is 5.11 Å². The van der Waals surface area contributed by atoms with Crippen molar-refractivity contribution in [2.24, 2.45) is 23.7 Å². The van der Waals surface area contributed by atoms with Crippen LogP contribution in [0.3, 0.4) is 0 Å². The van der Waals surface area contributed by atoms with Crippen LogP contribution in [0, 0.1) is 23.7 Å². The molecule has 0 amide bonds. The van der Waals surface area contributed by atoms with Gasteiger partial charge in [0, 0.05) is 6.61 Å². The average Bonchev–Trinajstić information content (AvgIpc) is 2.22. The fourth-order valence-corrected chi connectivity index (χ4v) is 4.50. The highest BCUT2D eigenvalue weighted by atomic mass is 16.5. The zero-order valence-electron chi connectivity index (χ0n) is 9.61. The maximum absolute atomic E-state index is 10.8. The summed E-state index contributed by atoms with van der Waals surface area (Å²) < 4.78 is 5.51. The maximum atomic E-state index is 10.8. The quantitative estimate of drug-likeness (QED) is 0.774. The first-order valence-corrected chi connectivity index (χ1v) is 6.52. The summed E-state index contributed by atoms with van der Waals surface area (Å²) in [6, 6.07) is 0. The molecule has 4 aliphatic rings. The molecule has 4 saturated carbocycles. The lowest BCUT2D eigenvalue weighted by molar-refractivity contribution is -0.199. The highest BCUT2D eigenvalue weighted by molar-refractivity contribution is 5.06. The van der Waals surface area contributed by atoms with Gasteiger partial charge in [-0.3, -0.25) is 0 Å². The SMILES string of the molecule is CCOCC1(O)C2CC3CC(C2)CC1C3. The van der Waals surface area contributed by atoms with Gasteiger partial charge >= 0.3 is 0 Å². The van der Waals surface area contributed by atoms with Gasteiger partial charge in [0.05, 0.1) is 12.2 Å². The molecule has 0 aromatic rings. The molecule has 86 valence electrons. The molecule has 0 unspecified atom stereocenters. The van der Waals surface area contributed by atoms with Crippen LogP contribution in [0.4, 0.5) is 0 Å². The lowest BCUT2D eigenvalue weighted by atomic mass is 9.50. The van der Waals surface area contributed by atoms with Crippen LogP contribution in [0.2, 0.25) is 0 Å². The summed E-state index contributed by atoms with van der Waals surface area (Å²) in [6.45, 7) is 3.33. The predicted molar refractivity (Wildman–Crippen MR) is 58.5 cm³/mol. The van der Waals surface area contributed by atoms with Crippen molar-refractivity contribution < 1.29 is 9.84 Å². The fourth-order valence-electron chi connectivity index (χ4n) is 4.50. The maximum Gasteiger partial charge on any atom is 0.0936 e. The van der Waals surface area contributed by atoms with Crippen LogP contribution in [0.25, 0.3) is 0 Å². The Bertz CT molecular complexity index is 221. The zero-order valence-corrected chi connectivity index (χ0v) is 9.61. The molecule has 0 aliphatic heterocycles. The topological polar surface area (TPSA) is 29.5 Å². The number of aliphatic hydroxyl groups is 1. The van der Waals surface area contributed by atoms with Gasteiger partial charge in [0.2, 0.25) is 0 Å². The third-order valence-electron chi connectivity index (χ3n) is 5.09. The largest absolute Gasteiger partial charge is 0.387 e. The number of hydrogen-bond acceptors (Lipinski definition) is 2. The van der Waals surface area contributed by atoms with Crippen LogP contribution in [0.15, 0.2) is 0 Å². The standard InChI is InChI=1S/C13H22O2/c1-2-15-8-13(14)11-4-9-3-10(6-11)7-12(13)5-9/h9-12,14H,2-8H2,1H3. The Morgan fingerprint density at radius 1 is 1.07 bits per heavy atom. The van der Waals surface area contributed by atoms with Crippen molar-refractivity contribution in [3.63, 3.8) is 0 Å². The molecule has 2 heteroatoms. The summed E-state index contributed by atoms with van der Waals surface area (Å²) >= 11 is 0. The molecule has 0 atom stereocenters. The lowest BCUT2D eigenvalue weighted by Gasteiger charge is -2.58. The van der Waals surface area contributed by atoms with Gasteiger partial charge in [-0.15, -0.1) is 0 Å². The van der Waals surface area contributed by atoms with Crippen LogP contribution in [0.1, 0.15) is 39.0 Å². The molecule has 0 aromatic carbocycles. The minimum Gasteiger partial charge on any atom is -0.387 e. The van der Waals surface area contributed by atoms with Crippen molar-refractivity contribution >= 4 is 0 Å². The number of ether oxygens (including phenoxy) is 1. The molecule has 4 bridgehead atoms. The molecule has 1 N–H and O–H groups in total. The van der Waals surface area contributed by atoms with Crippen molar-refractivity contribution in [1.29, 1.82) is 0 Å². The van der Waals surface area contributed by atoms with E-state index in [-0.39, 0.29) is 0 Å². The number of hydrogen-bond donors (Lipinski definition) is 1. The van der Waals surface area contributed by atoms with Crippen LogP contribution in [-0.2, 0) is 4.74 Å². The smallest absolute Gasteiger partial charge is 0.0936 e. The first-order chi connectivity index (χ1) is 7.22. The van der Waals surface area contributed by atoms with E-state index >= 15 is 0 Å². The van der Waals surface area contributed by atoms with E-state index in [0.29, 0.717) is 18.4 Å². The van der Waals surface area contributed by atoms with E-state index in [2.05, 4.69) is 0 Å². The molecule has 4 rings (SSSR count). The number of rotatable bonds is 3. The summed E-state index contributed by atoms with van der Waals surface area (Å²) in [5.41, 5.74) is -0.469. The van der Waals surface area contributed by atoms with Gasteiger partial charge in [-0.1, -0.05) is 0 Å². The van der Waals surface area contributed by atoms with Gasteiger partial charge in [-0.2, -0.15) is 0 Å². The van der Waals surface area contributed by atoms with E-state index in [1.165, 1.54) is 32.1 Å². The Hall–Kier alpha value is -0.0800. The zero-order chi connectivity index (χ0) is 10.5. The highest BCUT2D eigenvalue weighted by Crippen LogP contribution is 2.58. The molecule has 2 nitrogen and oxygen atoms in total. The van der Waals surface area contributed by atoms with E-state index < -0.39 is 5.60 Å². The molecular formula is C13H22O2. The van der Waals surface area contributed by atoms with E-state index in [4.69, 9.17) is 4.74 Å². The third kappa shape index (κ3) is 1.45. The Balaban J connectivity index is 1.78. The Labute approximate surface area is 92.0 Å². The van der Waals surface area contributed by atoms with Gasteiger partial charge < -0.3 is 9.84 Å². The Morgan fingerprint density at radius 2 is 1.60 bits per heavy atom. The second-order valence-corrected chi connectivity index (χ2v) is 5.93. The van der Waals surface area contributed by atoms with Crippen molar-refractivity contribution in [3.8, 4) is 0 Å². The molecule has 0 radical (unpaired) electrons. The van der Waals surface area contributed by atoms with Gasteiger partial charge in [0.15, 0.2) is 0 Å². The molecule has 0 aromatic heterocycles. The molecule has 4 aliphatic carbocycles. The van der Waals surface area contributed by atoms with Crippen molar-refractivity contribution in [2.45, 2.75) is 44.6 Å². The first-order valence-electron chi connectivity index (χ1n) is 6.52. The van der Waals surface area contributed by atoms with E-state index in [0.717, 1.165) is 18.4 Å². The fraction of sp³-hybridized carbons (Fsp3) is 1.00. The van der Waals surface area contributed by atoms with Crippen LogP contribution in [-0.4, -0.2) is 23.9 Å². The molecule has 15 heavy (non-hydrogen) atoms. The van der Waals surface area contributed by atoms with Crippen LogP contribution < -0.4 is 0 Å². The summed E-state index contributed by atoms with van der Waals surface area (Å²) in [7, 11) is 0. The summed E-state index contributed by atoms with van der Waals surface area (Å²) in [5.74, 6) is 2.93. The second kappa shape index (κ2) is 3.46. The van der Waals surface area contributed by atoms with Crippen LogP contribution >= 0.6 is 0 Å². The predicted octanol–water partition coefficient (Wildman–Crippen LogP) is 2.21. The average molecular weight is 210 g/mol. The normalized spacial score (nSPS) is 52.4. The molecule has 0 saturated heterocycles. The Morgan fingerprint density at radius 3 is 2.07 bits per heavy atom. The van der Waals surface area contributed by atoms with Crippen molar-refractivity contribution in [3.05, 3.63) is 0 Å². The van der Waals surface area contributed by atoms with Crippen molar-refractivity contribution in [2.75, 3.05) is 13.2 Å². The van der Waals surface area contributed by atoms with Gasteiger partial charge in [-0.05, 0) is 62.7 Å². The molecule has 0 heterocycles. The minimum atomic E-state index is -0.469. The second-order valence-electron chi connectivity index (χ2n) is 5.93. The van der Waals surface area contributed by atoms with E-state index in [1.807, 2.05) is 6.92 Å². The van der Waals surface area contributed by atoms with Gasteiger partial charge in [0.1, 0.15) is 0 Å². The molecular weight excluding hydrogens is 188 g/mol. The minimum absolute atomic E-state index is 0.469.